The lowest BCUT2D eigenvalue weighted by atomic mass is 9.85. The number of nitrogens with zero attached hydrogens (tertiary/aromatic N) is 6. The summed E-state index contributed by atoms with van der Waals surface area (Å²) in [5, 5.41) is 8.42. The Bertz CT molecular complexity index is 1460. The van der Waals surface area contributed by atoms with Gasteiger partial charge in [-0.25, -0.2) is 22.8 Å². The molecule has 1 aliphatic heterocycles. The topological polar surface area (TPSA) is 76.8 Å². The van der Waals surface area contributed by atoms with E-state index in [1.807, 2.05) is 23.9 Å². The fourth-order valence-corrected chi connectivity index (χ4v) is 5.40. The highest BCUT2D eigenvalue weighted by atomic mass is 19.1. The monoisotopic (exact) mass is 520 g/mol. The second kappa shape index (κ2) is 10.4. The van der Waals surface area contributed by atoms with Crippen LogP contribution in [-0.2, 0) is 6.42 Å². The molecule has 0 amide bonds. The lowest BCUT2D eigenvalue weighted by Crippen LogP contribution is -2.46. The molecule has 0 N–H and O–H groups in total. The second-order valence-corrected chi connectivity index (χ2v) is 9.92. The molecule has 1 aliphatic rings. The van der Waals surface area contributed by atoms with Crippen LogP contribution in [0.3, 0.4) is 0 Å². The Morgan fingerprint density at radius 2 is 1.71 bits per heavy atom. The SMILES string of the molecule is Cc1cn(C2[C@H](C)CN(c3ccncc3CC(=O)c3ccc(F)c(-c4c(F)cccc4F)n3)C[C@@H]2C)nn1. The van der Waals surface area contributed by atoms with Crippen LogP contribution in [0.15, 0.2) is 55.0 Å². The third-order valence-electron chi connectivity index (χ3n) is 7.01. The Hall–Kier alpha value is -4.08. The molecular formula is C28H27F3N6O. The van der Waals surface area contributed by atoms with Crippen LogP contribution in [0.5, 0.6) is 0 Å². The van der Waals surface area contributed by atoms with Gasteiger partial charge in [0.05, 0.1) is 17.3 Å². The molecular weight excluding hydrogens is 493 g/mol. The summed E-state index contributed by atoms with van der Waals surface area (Å²) in [6.45, 7) is 7.74. The minimum absolute atomic E-state index is 0.0496. The number of ketones is 1. The first-order valence-electron chi connectivity index (χ1n) is 12.4. The number of pyridine rings is 2. The van der Waals surface area contributed by atoms with Crippen LogP contribution in [0, 0.1) is 36.2 Å². The lowest BCUT2D eigenvalue weighted by molar-refractivity contribution is 0.0988. The van der Waals surface area contributed by atoms with E-state index in [0.717, 1.165) is 42.7 Å². The van der Waals surface area contributed by atoms with Crippen LogP contribution in [0.4, 0.5) is 18.9 Å². The first-order valence-corrected chi connectivity index (χ1v) is 12.4. The average molecular weight is 521 g/mol. The van der Waals surface area contributed by atoms with Crippen molar-refractivity contribution in [3.63, 3.8) is 0 Å². The summed E-state index contributed by atoms with van der Waals surface area (Å²) in [5.74, 6) is -2.72. The molecule has 10 heteroatoms. The third-order valence-corrected chi connectivity index (χ3v) is 7.01. The molecule has 7 nitrogen and oxygen atoms in total. The minimum Gasteiger partial charge on any atom is -0.371 e. The van der Waals surface area contributed by atoms with Crippen LogP contribution < -0.4 is 4.90 Å². The molecule has 4 heterocycles. The number of carbonyl (C=O) groups is 1. The summed E-state index contributed by atoms with van der Waals surface area (Å²) in [6, 6.07) is 7.52. The maximum absolute atomic E-state index is 14.5. The van der Waals surface area contributed by atoms with E-state index in [2.05, 4.69) is 39.0 Å². The lowest BCUT2D eigenvalue weighted by Gasteiger charge is -2.42. The fourth-order valence-electron chi connectivity index (χ4n) is 5.40. The molecule has 38 heavy (non-hydrogen) atoms. The van der Waals surface area contributed by atoms with E-state index >= 15 is 0 Å². The molecule has 1 unspecified atom stereocenters. The molecule has 4 aromatic rings. The van der Waals surface area contributed by atoms with E-state index in [-0.39, 0.29) is 30.0 Å². The van der Waals surface area contributed by atoms with Crippen molar-refractivity contribution in [3.05, 3.63) is 89.4 Å². The van der Waals surface area contributed by atoms with E-state index in [0.29, 0.717) is 5.56 Å². The molecule has 0 saturated carbocycles. The number of piperidine rings is 1. The van der Waals surface area contributed by atoms with Gasteiger partial charge in [-0.3, -0.25) is 9.78 Å². The molecule has 1 aromatic carbocycles. The molecule has 0 bridgehead atoms. The maximum atomic E-state index is 14.5. The second-order valence-electron chi connectivity index (χ2n) is 9.92. The van der Waals surface area contributed by atoms with E-state index in [4.69, 9.17) is 0 Å². The molecule has 5 rings (SSSR count). The van der Waals surface area contributed by atoms with Gasteiger partial charge in [0.2, 0.25) is 0 Å². The van der Waals surface area contributed by atoms with Crippen LogP contribution in [0.1, 0.15) is 41.6 Å². The highest BCUT2D eigenvalue weighted by Gasteiger charge is 2.35. The van der Waals surface area contributed by atoms with Crippen molar-refractivity contribution in [1.29, 1.82) is 0 Å². The van der Waals surface area contributed by atoms with Crippen molar-refractivity contribution in [2.45, 2.75) is 33.2 Å². The zero-order valence-corrected chi connectivity index (χ0v) is 21.3. The van der Waals surface area contributed by atoms with Crippen molar-refractivity contribution in [2.24, 2.45) is 11.8 Å². The van der Waals surface area contributed by atoms with Gasteiger partial charge in [-0.2, -0.15) is 0 Å². The molecule has 3 aromatic heterocycles. The summed E-state index contributed by atoms with van der Waals surface area (Å²) in [7, 11) is 0. The standard InChI is InChI=1S/C28H27F3N6O/c1-16-13-36(14-17(2)28(16)37-15-18(3)34-35-37)24-9-10-32-12-19(24)11-25(38)23-8-7-22(31)27(33-23)26-20(29)5-4-6-21(26)30/h4-10,12,15-17,28H,11,13-14H2,1-3H3/t16-,17+,28?. The van der Waals surface area contributed by atoms with Crippen molar-refractivity contribution in [3.8, 4) is 11.3 Å². The molecule has 0 spiro atoms. The van der Waals surface area contributed by atoms with Crippen LogP contribution >= 0.6 is 0 Å². The molecule has 3 atom stereocenters. The maximum Gasteiger partial charge on any atom is 0.185 e. The number of carbonyl (C=O) groups excluding carboxylic acids is 1. The number of hydrogen-bond acceptors (Lipinski definition) is 6. The van der Waals surface area contributed by atoms with Crippen molar-refractivity contribution in [2.75, 3.05) is 18.0 Å². The normalized spacial score (nSPS) is 19.5. The van der Waals surface area contributed by atoms with E-state index < -0.39 is 34.5 Å². The number of halogens is 3. The van der Waals surface area contributed by atoms with Gasteiger partial charge in [0.25, 0.3) is 0 Å². The predicted octanol–water partition coefficient (Wildman–Crippen LogP) is 5.22. The Morgan fingerprint density at radius 1 is 1.00 bits per heavy atom. The zero-order valence-electron chi connectivity index (χ0n) is 21.3. The van der Waals surface area contributed by atoms with Gasteiger partial charge in [0.15, 0.2) is 5.78 Å². The molecule has 0 aliphatic carbocycles. The van der Waals surface area contributed by atoms with Crippen LogP contribution in [0.25, 0.3) is 11.3 Å². The highest BCUT2D eigenvalue weighted by Crippen LogP contribution is 2.36. The largest absolute Gasteiger partial charge is 0.371 e. The summed E-state index contributed by atoms with van der Waals surface area (Å²) >= 11 is 0. The minimum atomic E-state index is -0.955. The quantitative estimate of drug-likeness (QED) is 0.325. The van der Waals surface area contributed by atoms with Crippen molar-refractivity contribution >= 4 is 11.5 Å². The van der Waals surface area contributed by atoms with Gasteiger partial charge in [-0.1, -0.05) is 25.1 Å². The summed E-state index contributed by atoms with van der Waals surface area (Å²) in [4.78, 5) is 23.7. The average Bonchev–Trinajstić information content (AvgIpc) is 3.30. The Balaban J connectivity index is 1.39. The van der Waals surface area contributed by atoms with Gasteiger partial charge in [0.1, 0.15) is 28.8 Å². The van der Waals surface area contributed by atoms with Gasteiger partial charge in [0, 0.05) is 49.4 Å². The zero-order chi connectivity index (χ0) is 27.0. The number of aryl methyl sites for hydroxylation is 1. The molecule has 1 saturated heterocycles. The number of hydrogen-bond donors (Lipinski definition) is 0. The number of anilines is 1. The van der Waals surface area contributed by atoms with Crippen molar-refractivity contribution in [1.82, 2.24) is 25.0 Å². The number of aromatic nitrogens is 5. The third kappa shape index (κ3) is 4.90. The van der Waals surface area contributed by atoms with Crippen molar-refractivity contribution < 1.29 is 18.0 Å². The van der Waals surface area contributed by atoms with Gasteiger partial charge in [-0.05, 0) is 49.1 Å². The molecule has 1 fully saturated rings. The van der Waals surface area contributed by atoms with E-state index in [1.54, 1.807) is 12.4 Å². The summed E-state index contributed by atoms with van der Waals surface area (Å²) in [6.07, 6.45) is 5.23. The number of Topliss-reactive ketones (excluding diaryl/α,β-unsaturated/α-hetero) is 1. The van der Waals surface area contributed by atoms with Gasteiger partial charge < -0.3 is 4.90 Å². The first kappa shape index (κ1) is 25.6. The summed E-state index contributed by atoms with van der Waals surface area (Å²) < 4.78 is 45.0. The Labute approximate surface area is 218 Å². The van der Waals surface area contributed by atoms with Crippen LogP contribution in [0.2, 0.25) is 0 Å². The Morgan fingerprint density at radius 3 is 2.37 bits per heavy atom. The first-order chi connectivity index (χ1) is 18.2. The van der Waals surface area contributed by atoms with Gasteiger partial charge >= 0.3 is 0 Å². The Kier molecular flexibility index (Phi) is 6.96. The van der Waals surface area contributed by atoms with E-state index in [1.165, 1.54) is 12.1 Å². The smallest absolute Gasteiger partial charge is 0.185 e. The number of rotatable bonds is 6. The van der Waals surface area contributed by atoms with Crippen LogP contribution in [-0.4, -0.2) is 43.8 Å². The highest BCUT2D eigenvalue weighted by molar-refractivity contribution is 5.97. The number of benzene rings is 1. The summed E-state index contributed by atoms with van der Waals surface area (Å²) in [5.41, 5.74) is 1.22. The van der Waals surface area contributed by atoms with E-state index in [9.17, 15) is 18.0 Å². The molecule has 0 radical (unpaired) electrons. The molecule has 196 valence electrons. The van der Waals surface area contributed by atoms with Gasteiger partial charge in [-0.15, -0.1) is 5.10 Å². The predicted molar refractivity (Wildman–Crippen MR) is 136 cm³/mol. The fraction of sp³-hybridized carbons (Fsp3) is 0.321.